The summed E-state index contributed by atoms with van der Waals surface area (Å²) in [5.74, 6) is -1.78. The number of amides is 3. The molecule has 0 radical (unpaired) electrons. The second kappa shape index (κ2) is 7.70. The molecule has 1 unspecified atom stereocenters. The van der Waals surface area contributed by atoms with E-state index in [4.69, 9.17) is 0 Å². The van der Waals surface area contributed by atoms with E-state index in [1.807, 2.05) is 19.1 Å². The highest BCUT2D eigenvalue weighted by Gasteiger charge is 2.54. The number of benzene rings is 1. The highest BCUT2D eigenvalue weighted by atomic mass is 19.1. The topological polar surface area (TPSA) is 57.7 Å². The van der Waals surface area contributed by atoms with Gasteiger partial charge in [-0.2, -0.15) is 0 Å². The SMILES string of the molecule is C=CC[C@@H]1CC=C[C@@H](C)N1C(=O)CC1(c2ccccc2F)CC(=O)N(C)C1=O. The van der Waals surface area contributed by atoms with Crippen molar-refractivity contribution < 1.29 is 18.8 Å². The summed E-state index contributed by atoms with van der Waals surface area (Å²) in [6, 6.07) is 5.68. The van der Waals surface area contributed by atoms with Crippen LogP contribution in [-0.4, -0.2) is 46.7 Å². The van der Waals surface area contributed by atoms with Gasteiger partial charge in [0.15, 0.2) is 0 Å². The van der Waals surface area contributed by atoms with Gasteiger partial charge in [0, 0.05) is 37.5 Å². The molecule has 148 valence electrons. The van der Waals surface area contributed by atoms with E-state index in [1.165, 1.54) is 25.2 Å². The molecule has 2 heterocycles. The summed E-state index contributed by atoms with van der Waals surface area (Å²) in [6.45, 7) is 5.67. The Hall–Kier alpha value is -2.76. The maximum absolute atomic E-state index is 14.6. The fourth-order valence-electron chi connectivity index (χ4n) is 4.33. The number of hydrogen-bond acceptors (Lipinski definition) is 3. The Morgan fingerprint density at radius 3 is 2.68 bits per heavy atom. The molecule has 5 nitrogen and oxygen atoms in total. The van der Waals surface area contributed by atoms with Gasteiger partial charge < -0.3 is 4.90 Å². The van der Waals surface area contributed by atoms with Gasteiger partial charge in [0.05, 0.1) is 5.41 Å². The second-order valence-corrected chi connectivity index (χ2v) is 7.56. The first-order chi connectivity index (χ1) is 13.3. The zero-order valence-electron chi connectivity index (χ0n) is 16.2. The van der Waals surface area contributed by atoms with E-state index in [0.29, 0.717) is 12.8 Å². The van der Waals surface area contributed by atoms with Crippen molar-refractivity contribution in [3.05, 3.63) is 60.5 Å². The van der Waals surface area contributed by atoms with Crippen molar-refractivity contribution in [3.8, 4) is 0 Å². The fraction of sp³-hybridized carbons (Fsp3) is 0.409. The molecular formula is C22H25FN2O3. The first-order valence-electron chi connectivity index (χ1n) is 9.46. The molecule has 6 heteroatoms. The Morgan fingerprint density at radius 1 is 1.36 bits per heavy atom. The molecule has 0 N–H and O–H groups in total. The number of nitrogens with zero attached hydrogens (tertiary/aromatic N) is 2. The molecule has 1 aromatic rings. The quantitative estimate of drug-likeness (QED) is 0.579. The first-order valence-corrected chi connectivity index (χ1v) is 9.46. The Bertz CT molecular complexity index is 850. The van der Waals surface area contributed by atoms with Crippen LogP contribution in [0.25, 0.3) is 0 Å². The molecule has 1 saturated heterocycles. The lowest BCUT2D eigenvalue weighted by Crippen LogP contribution is -2.50. The molecule has 3 rings (SSSR count). The predicted molar refractivity (Wildman–Crippen MR) is 104 cm³/mol. The zero-order chi connectivity index (χ0) is 20.5. The van der Waals surface area contributed by atoms with Crippen molar-refractivity contribution >= 4 is 17.7 Å². The van der Waals surface area contributed by atoms with Crippen LogP contribution in [0, 0.1) is 5.82 Å². The number of carbonyl (C=O) groups is 3. The lowest BCUT2D eigenvalue weighted by molar-refractivity contribution is -0.143. The molecule has 2 aliphatic heterocycles. The van der Waals surface area contributed by atoms with Crippen LogP contribution in [0.5, 0.6) is 0 Å². The van der Waals surface area contributed by atoms with Crippen molar-refractivity contribution in [1.82, 2.24) is 9.80 Å². The summed E-state index contributed by atoms with van der Waals surface area (Å²) in [6.07, 6.45) is 6.62. The highest BCUT2D eigenvalue weighted by molar-refractivity contribution is 6.10. The Morgan fingerprint density at radius 2 is 2.07 bits per heavy atom. The van der Waals surface area contributed by atoms with Gasteiger partial charge in [-0.25, -0.2) is 4.39 Å². The third-order valence-corrected chi connectivity index (χ3v) is 5.77. The third kappa shape index (κ3) is 3.28. The molecule has 1 aromatic carbocycles. The molecular weight excluding hydrogens is 359 g/mol. The van der Waals surface area contributed by atoms with Crippen molar-refractivity contribution in [3.63, 3.8) is 0 Å². The van der Waals surface area contributed by atoms with Crippen LogP contribution >= 0.6 is 0 Å². The molecule has 3 amide bonds. The summed E-state index contributed by atoms with van der Waals surface area (Å²) in [5, 5.41) is 0. The van der Waals surface area contributed by atoms with Crippen LogP contribution in [0.4, 0.5) is 4.39 Å². The first kappa shape index (κ1) is 20.0. The van der Waals surface area contributed by atoms with Crippen LogP contribution in [0.2, 0.25) is 0 Å². The number of likely N-dealkylation sites (tertiary alicyclic amines) is 1. The minimum atomic E-state index is -1.51. The van der Waals surface area contributed by atoms with E-state index < -0.39 is 23.0 Å². The number of hydrogen-bond donors (Lipinski definition) is 0. The van der Waals surface area contributed by atoms with Crippen molar-refractivity contribution in [2.24, 2.45) is 0 Å². The van der Waals surface area contributed by atoms with Gasteiger partial charge >= 0.3 is 0 Å². The predicted octanol–water partition coefficient (Wildman–Crippen LogP) is 2.96. The third-order valence-electron chi connectivity index (χ3n) is 5.77. The van der Waals surface area contributed by atoms with E-state index in [2.05, 4.69) is 6.58 Å². The molecule has 0 aliphatic carbocycles. The van der Waals surface area contributed by atoms with Crippen LogP contribution in [-0.2, 0) is 19.8 Å². The van der Waals surface area contributed by atoms with E-state index in [1.54, 1.807) is 17.0 Å². The summed E-state index contributed by atoms with van der Waals surface area (Å²) >= 11 is 0. The number of imide groups is 1. The second-order valence-electron chi connectivity index (χ2n) is 7.56. The van der Waals surface area contributed by atoms with Gasteiger partial charge in [-0.15, -0.1) is 6.58 Å². The Balaban J connectivity index is 2.01. The van der Waals surface area contributed by atoms with Crippen LogP contribution in [0.15, 0.2) is 49.1 Å². The average Bonchev–Trinajstić information content (AvgIpc) is 2.87. The van der Waals surface area contributed by atoms with Crippen LogP contribution in [0.1, 0.15) is 38.2 Å². The van der Waals surface area contributed by atoms with Crippen molar-refractivity contribution in [2.75, 3.05) is 7.05 Å². The number of rotatable bonds is 5. The van der Waals surface area contributed by atoms with Gasteiger partial charge in [0.2, 0.25) is 17.7 Å². The Labute approximate surface area is 164 Å². The minimum absolute atomic E-state index is 0.0624. The summed E-state index contributed by atoms with van der Waals surface area (Å²) in [4.78, 5) is 41.4. The number of carbonyl (C=O) groups excluding carboxylic acids is 3. The average molecular weight is 384 g/mol. The van der Waals surface area contributed by atoms with E-state index in [9.17, 15) is 18.8 Å². The molecule has 0 saturated carbocycles. The van der Waals surface area contributed by atoms with Crippen LogP contribution in [0.3, 0.4) is 0 Å². The fourth-order valence-corrected chi connectivity index (χ4v) is 4.33. The lowest BCUT2D eigenvalue weighted by atomic mass is 9.75. The van der Waals surface area contributed by atoms with Gasteiger partial charge in [0.1, 0.15) is 5.82 Å². The van der Waals surface area contributed by atoms with E-state index in [0.717, 1.165) is 4.90 Å². The van der Waals surface area contributed by atoms with Crippen molar-refractivity contribution in [2.45, 2.75) is 50.1 Å². The summed E-state index contributed by atoms with van der Waals surface area (Å²) in [7, 11) is 1.38. The molecule has 3 atom stereocenters. The standard InChI is InChI=1S/C22H25FN2O3/c1-4-8-16-10-7-9-15(2)25(16)20(27)14-22(13-19(26)24(3)21(22)28)17-11-5-6-12-18(17)23/h4-7,9,11-12,15-16H,1,8,10,13-14H2,2-3H3/t15-,16-,22?/m1/s1. The van der Waals surface area contributed by atoms with Gasteiger partial charge in [-0.1, -0.05) is 36.4 Å². The van der Waals surface area contributed by atoms with E-state index in [-0.39, 0.29) is 36.4 Å². The maximum atomic E-state index is 14.6. The molecule has 0 aromatic heterocycles. The van der Waals surface area contributed by atoms with Gasteiger partial charge in [-0.3, -0.25) is 19.3 Å². The molecule has 28 heavy (non-hydrogen) atoms. The Kier molecular flexibility index (Phi) is 5.49. The molecule has 0 bridgehead atoms. The largest absolute Gasteiger partial charge is 0.333 e. The smallest absolute Gasteiger partial charge is 0.240 e. The maximum Gasteiger partial charge on any atom is 0.240 e. The number of likely N-dealkylation sites (N-methyl/N-ethyl adjacent to an activating group) is 1. The molecule has 0 spiro atoms. The van der Waals surface area contributed by atoms with E-state index >= 15 is 0 Å². The molecule has 1 fully saturated rings. The minimum Gasteiger partial charge on any atom is -0.333 e. The molecule has 2 aliphatic rings. The normalized spacial score (nSPS) is 27.4. The van der Waals surface area contributed by atoms with Gasteiger partial charge in [0.25, 0.3) is 0 Å². The number of halogens is 1. The summed E-state index contributed by atoms with van der Waals surface area (Å²) < 4.78 is 14.6. The monoisotopic (exact) mass is 384 g/mol. The lowest BCUT2D eigenvalue weighted by Gasteiger charge is -2.39. The van der Waals surface area contributed by atoms with Gasteiger partial charge in [-0.05, 0) is 25.8 Å². The van der Waals surface area contributed by atoms with Crippen LogP contribution < -0.4 is 0 Å². The summed E-state index contributed by atoms with van der Waals surface area (Å²) in [5.41, 5.74) is -1.40. The van der Waals surface area contributed by atoms with Crippen molar-refractivity contribution in [1.29, 1.82) is 0 Å². The highest BCUT2D eigenvalue weighted by Crippen LogP contribution is 2.41. The zero-order valence-corrected chi connectivity index (χ0v) is 16.2.